The Morgan fingerprint density at radius 3 is 2.74 bits per heavy atom. The number of carbonyl (C=O) groups excluding carboxylic acids is 2. The minimum absolute atomic E-state index is 0.0213. The largest absolute Gasteiger partial charge is 0.508 e. The van der Waals surface area contributed by atoms with E-state index in [0.29, 0.717) is 23.3 Å². The van der Waals surface area contributed by atoms with Crippen molar-refractivity contribution in [3.8, 4) is 11.5 Å². The number of allylic oxidation sites excluding steroid dienone is 4. The van der Waals surface area contributed by atoms with Gasteiger partial charge >= 0.3 is 5.97 Å². The zero-order chi connectivity index (χ0) is 25.2. The normalized spacial score (nSPS) is 21.2. The summed E-state index contributed by atoms with van der Waals surface area (Å²) in [6.07, 6.45) is 12.7. The molecule has 188 valence electrons. The molecular weight excluding hydrogens is 448 g/mol. The summed E-state index contributed by atoms with van der Waals surface area (Å²) in [6, 6.07) is 1.13. The van der Waals surface area contributed by atoms with Gasteiger partial charge in [0.2, 0.25) is 0 Å². The molecule has 3 rings (SSSR count). The molecule has 2 heterocycles. The van der Waals surface area contributed by atoms with Crippen molar-refractivity contribution in [2.45, 2.75) is 51.9 Å². The summed E-state index contributed by atoms with van der Waals surface area (Å²) < 4.78 is 5.43. The number of hydrogen-bond donors (Lipinski definition) is 2. The number of fused-ring (bicyclic) bond motifs is 1. The van der Waals surface area contributed by atoms with E-state index in [4.69, 9.17) is 9.57 Å². The Bertz CT molecular complexity index is 1030. The summed E-state index contributed by atoms with van der Waals surface area (Å²) in [7, 11) is 0. The Kier molecular flexibility index (Phi) is 9.52. The first-order valence-corrected chi connectivity index (χ1v) is 12.1. The number of aromatic hydroxyl groups is 2. The molecule has 0 saturated carbocycles. The monoisotopic (exact) mass is 482 g/mol. The Balaban J connectivity index is 1.89. The number of amides is 1. The molecule has 1 saturated heterocycles. The van der Waals surface area contributed by atoms with Crippen molar-refractivity contribution in [1.82, 2.24) is 4.90 Å². The molecule has 0 unspecified atom stereocenters. The number of phenols is 2. The van der Waals surface area contributed by atoms with Crippen molar-refractivity contribution >= 4 is 17.6 Å². The number of ether oxygens (including phenoxy) is 1. The van der Waals surface area contributed by atoms with Gasteiger partial charge in [0.15, 0.2) is 6.61 Å². The van der Waals surface area contributed by atoms with Gasteiger partial charge in [0.05, 0.1) is 12.3 Å². The zero-order valence-electron chi connectivity index (χ0n) is 20.3. The van der Waals surface area contributed by atoms with Crippen LogP contribution in [0.5, 0.6) is 11.5 Å². The number of cyclic esters (lactones) is 1. The summed E-state index contributed by atoms with van der Waals surface area (Å²) in [4.78, 5) is 32.5. The lowest BCUT2D eigenvalue weighted by atomic mass is 9.94. The van der Waals surface area contributed by atoms with Gasteiger partial charge in [-0.15, -0.1) is 0 Å². The Morgan fingerprint density at radius 1 is 1.23 bits per heavy atom. The van der Waals surface area contributed by atoms with Crippen LogP contribution in [-0.4, -0.2) is 59.0 Å². The highest BCUT2D eigenvalue weighted by molar-refractivity contribution is 6.01. The fourth-order valence-corrected chi connectivity index (χ4v) is 4.17. The molecular formula is C27H34N2O6. The molecule has 1 amide bonds. The topological polar surface area (TPSA) is 109 Å². The molecule has 0 atom stereocenters. The van der Waals surface area contributed by atoms with E-state index < -0.39 is 5.97 Å². The minimum Gasteiger partial charge on any atom is -0.508 e. The predicted octanol–water partition coefficient (Wildman–Crippen LogP) is 4.34. The number of oxime groups is 1. The SMILES string of the molecule is C=C/C1=C\CC/C=C/C(=N\OCC(=O)N2CCCCC2)Cc2c(C)c(O)cc(O)c2C(=O)OCC1. The maximum atomic E-state index is 12.9. The predicted molar refractivity (Wildman–Crippen MR) is 134 cm³/mol. The average molecular weight is 483 g/mol. The van der Waals surface area contributed by atoms with E-state index in [-0.39, 0.29) is 42.6 Å². The molecule has 1 aromatic carbocycles. The molecule has 0 radical (unpaired) electrons. The molecule has 8 nitrogen and oxygen atoms in total. The van der Waals surface area contributed by atoms with E-state index in [1.54, 1.807) is 24.0 Å². The van der Waals surface area contributed by atoms with E-state index in [9.17, 15) is 19.8 Å². The average Bonchev–Trinajstić information content (AvgIpc) is 2.85. The Morgan fingerprint density at radius 2 is 2.00 bits per heavy atom. The first-order valence-electron chi connectivity index (χ1n) is 12.1. The van der Waals surface area contributed by atoms with Crippen molar-refractivity contribution in [1.29, 1.82) is 0 Å². The highest BCUT2D eigenvalue weighted by Gasteiger charge is 2.24. The van der Waals surface area contributed by atoms with Crippen molar-refractivity contribution in [2.75, 3.05) is 26.3 Å². The number of piperidine rings is 1. The van der Waals surface area contributed by atoms with Gasteiger partial charge in [-0.2, -0.15) is 0 Å². The summed E-state index contributed by atoms with van der Waals surface area (Å²) in [5.41, 5.74) is 2.20. The lowest BCUT2D eigenvalue weighted by molar-refractivity contribution is -0.137. The third-order valence-corrected chi connectivity index (χ3v) is 6.25. The van der Waals surface area contributed by atoms with Crippen LogP contribution in [0.4, 0.5) is 0 Å². The summed E-state index contributed by atoms with van der Waals surface area (Å²) in [5, 5.41) is 25.0. The molecule has 1 fully saturated rings. The maximum absolute atomic E-state index is 12.9. The molecule has 0 spiro atoms. The number of esters is 1. The van der Waals surface area contributed by atoms with Crippen molar-refractivity contribution in [3.63, 3.8) is 0 Å². The summed E-state index contributed by atoms with van der Waals surface area (Å²) in [5.74, 6) is -1.32. The molecule has 0 aromatic heterocycles. The number of hydrogen-bond acceptors (Lipinski definition) is 7. The molecule has 0 bridgehead atoms. The molecule has 2 aliphatic heterocycles. The van der Waals surface area contributed by atoms with Crippen LogP contribution >= 0.6 is 0 Å². The van der Waals surface area contributed by atoms with Gasteiger partial charge < -0.3 is 24.7 Å². The molecule has 2 aliphatic rings. The van der Waals surface area contributed by atoms with E-state index in [1.807, 2.05) is 12.2 Å². The second-order valence-electron chi connectivity index (χ2n) is 8.72. The van der Waals surface area contributed by atoms with Gasteiger partial charge in [-0.1, -0.05) is 30.0 Å². The van der Waals surface area contributed by atoms with Crippen molar-refractivity contribution < 1.29 is 29.4 Å². The van der Waals surface area contributed by atoms with Crippen LogP contribution in [0.15, 0.2) is 47.7 Å². The van der Waals surface area contributed by atoms with Crippen LogP contribution in [0.25, 0.3) is 0 Å². The number of benzene rings is 1. The Labute approximate surface area is 206 Å². The van der Waals surface area contributed by atoms with Gasteiger partial charge in [0.25, 0.3) is 5.91 Å². The number of likely N-dealkylation sites (tertiary alicyclic amines) is 1. The lowest BCUT2D eigenvalue weighted by Gasteiger charge is -2.26. The van der Waals surface area contributed by atoms with Gasteiger partial charge in [-0.3, -0.25) is 4.79 Å². The van der Waals surface area contributed by atoms with Gasteiger partial charge in [0.1, 0.15) is 17.1 Å². The van der Waals surface area contributed by atoms with Gasteiger partial charge in [-0.05, 0) is 61.8 Å². The second kappa shape index (κ2) is 12.8. The molecule has 0 aliphatic carbocycles. The van der Waals surface area contributed by atoms with Crippen LogP contribution in [-0.2, 0) is 20.8 Å². The highest BCUT2D eigenvalue weighted by atomic mass is 16.6. The number of phenolic OH excluding ortho intramolecular Hbond substituents is 2. The van der Waals surface area contributed by atoms with Crippen LogP contribution in [0.1, 0.15) is 60.0 Å². The minimum atomic E-state index is -0.689. The highest BCUT2D eigenvalue weighted by Crippen LogP contribution is 2.33. The molecule has 35 heavy (non-hydrogen) atoms. The number of nitrogens with zero attached hydrogens (tertiary/aromatic N) is 2. The lowest BCUT2D eigenvalue weighted by Crippen LogP contribution is -2.37. The molecule has 8 heteroatoms. The molecule has 2 N–H and O–H groups in total. The van der Waals surface area contributed by atoms with E-state index in [2.05, 4.69) is 11.7 Å². The standard InChI is InChI=1S/C27H34N2O6/c1-3-20-10-6-4-7-11-21(28-35-18-25(32)29-13-8-5-9-14-29)16-22-19(2)23(30)17-24(31)26(22)27(33)34-15-12-20/h3,7,10-11,17,30-31H,1,4-6,8-9,12-16,18H2,2H3/b11-7+,20-10+,28-21+. The van der Waals surface area contributed by atoms with Crippen LogP contribution < -0.4 is 0 Å². The van der Waals surface area contributed by atoms with Gasteiger partial charge in [0, 0.05) is 32.0 Å². The Hall–Kier alpha value is -3.55. The molecule has 1 aromatic rings. The first kappa shape index (κ1) is 26.1. The zero-order valence-corrected chi connectivity index (χ0v) is 20.3. The van der Waals surface area contributed by atoms with Crippen LogP contribution in [0.2, 0.25) is 0 Å². The second-order valence-corrected chi connectivity index (χ2v) is 8.72. The van der Waals surface area contributed by atoms with E-state index >= 15 is 0 Å². The number of rotatable bonds is 4. The van der Waals surface area contributed by atoms with Crippen LogP contribution in [0, 0.1) is 6.92 Å². The van der Waals surface area contributed by atoms with E-state index in [1.165, 1.54) is 0 Å². The third-order valence-electron chi connectivity index (χ3n) is 6.25. The fourth-order valence-electron chi connectivity index (χ4n) is 4.17. The maximum Gasteiger partial charge on any atom is 0.342 e. The fraction of sp³-hybridized carbons (Fsp3) is 0.444. The smallest absolute Gasteiger partial charge is 0.342 e. The van der Waals surface area contributed by atoms with E-state index in [0.717, 1.165) is 56.8 Å². The number of carbonyl (C=O) groups is 2. The quantitative estimate of drug-likeness (QED) is 0.488. The van der Waals surface area contributed by atoms with Crippen molar-refractivity contribution in [3.05, 3.63) is 59.2 Å². The van der Waals surface area contributed by atoms with Crippen molar-refractivity contribution in [2.24, 2.45) is 5.16 Å². The summed E-state index contributed by atoms with van der Waals surface area (Å²) >= 11 is 0. The van der Waals surface area contributed by atoms with Crippen LogP contribution in [0.3, 0.4) is 0 Å². The van der Waals surface area contributed by atoms with Gasteiger partial charge in [-0.25, -0.2) is 4.79 Å². The summed E-state index contributed by atoms with van der Waals surface area (Å²) in [6.45, 7) is 6.88. The third kappa shape index (κ3) is 7.21. The first-order chi connectivity index (χ1) is 16.9.